The molecule has 0 atom stereocenters. The molecule has 12 heavy (non-hydrogen) atoms. The third-order valence-corrected chi connectivity index (χ3v) is 7.28. The zero-order valence-corrected chi connectivity index (χ0v) is 9.60. The van der Waals surface area contributed by atoms with Gasteiger partial charge in [0.05, 0.1) is 0 Å². The van der Waals surface area contributed by atoms with E-state index < -0.39 is 0 Å². The molecule has 0 N–H and O–H groups in total. The Bertz CT molecular complexity index is 162. The Labute approximate surface area is 77.9 Å². The summed E-state index contributed by atoms with van der Waals surface area (Å²) in [5.41, 5.74) is 0. The summed E-state index contributed by atoms with van der Waals surface area (Å²) in [6.45, 7) is 2.56. The maximum atomic E-state index is 2.56. The van der Waals surface area contributed by atoms with Crippen LogP contribution in [0.2, 0.25) is 11.6 Å². The Hall–Kier alpha value is 0.217. The molecule has 4 aliphatic carbocycles. The van der Waals surface area contributed by atoms with Gasteiger partial charge in [-0.2, -0.15) is 0 Å². The average Bonchev–Trinajstić information content (AvgIpc) is 2.02. The van der Waals surface area contributed by atoms with E-state index in [0.29, 0.717) is 0 Å². The Morgan fingerprint density at radius 3 is 1.67 bits per heavy atom. The molecule has 0 aromatic heterocycles. The molecule has 4 bridgehead atoms. The first kappa shape index (κ1) is 7.60. The fourth-order valence-corrected chi connectivity index (χ4v) is 6.81. The summed E-state index contributed by atoms with van der Waals surface area (Å²) in [6.07, 6.45) is 9.82. The fraction of sp³-hybridized carbons (Fsp3) is 1.00. The largest absolute Gasteiger partial charge is 0.0744 e. The van der Waals surface area contributed by atoms with Gasteiger partial charge in [0, 0.05) is 9.52 Å². The Morgan fingerprint density at radius 2 is 1.33 bits per heavy atom. The number of hydrogen-bond donors (Lipinski definition) is 0. The molecule has 0 amide bonds. The minimum atomic E-state index is 0.279. The molecule has 0 heterocycles. The molecule has 4 fully saturated rings. The molecular formula is C11H20Si. The summed E-state index contributed by atoms with van der Waals surface area (Å²) in [5, 5.41) is 0.981. The van der Waals surface area contributed by atoms with Gasteiger partial charge < -0.3 is 0 Å². The van der Waals surface area contributed by atoms with Crippen molar-refractivity contribution in [2.24, 2.45) is 17.8 Å². The summed E-state index contributed by atoms with van der Waals surface area (Å²) in [7, 11) is 0.279. The lowest BCUT2D eigenvalue weighted by Gasteiger charge is -2.56. The van der Waals surface area contributed by atoms with Crippen LogP contribution in [0.5, 0.6) is 0 Å². The van der Waals surface area contributed by atoms with E-state index in [9.17, 15) is 0 Å². The SMILES string of the molecule is C[SiH2]C12CC3CC(CC(C3)C1)C2. The summed E-state index contributed by atoms with van der Waals surface area (Å²) in [4.78, 5) is 0. The Morgan fingerprint density at radius 1 is 0.917 bits per heavy atom. The van der Waals surface area contributed by atoms with Crippen molar-refractivity contribution in [1.82, 2.24) is 0 Å². The predicted octanol–water partition coefficient (Wildman–Crippen LogP) is 2.59. The molecule has 0 radical (unpaired) electrons. The minimum absolute atomic E-state index is 0.279. The third-order valence-electron chi connectivity index (χ3n) is 4.92. The van der Waals surface area contributed by atoms with Gasteiger partial charge in [0.15, 0.2) is 0 Å². The van der Waals surface area contributed by atoms with Crippen LogP contribution in [0.4, 0.5) is 0 Å². The second-order valence-corrected chi connectivity index (χ2v) is 7.98. The summed E-state index contributed by atoms with van der Waals surface area (Å²) in [5.74, 6) is 3.55. The van der Waals surface area contributed by atoms with Gasteiger partial charge in [-0.1, -0.05) is 6.55 Å². The van der Waals surface area contributed by atoms with Crippen LogP contribution >= 0.6 is 0 Å². The second-order valence-electron chi connectivity index (χ2n) is 5.77. The molecule has 68 valence electrons. The van der Waals surface area contributed by atoms with Crippen LogP contribution in [0, 0.1) is 17.8 Å². The van der Waals surface area contributed by atoms with Gasteiger partial charge in [0.25, 0.3) is 0 Å². The lowest BCUT2D eigenvalue weighted by molar-refractivity contribution is 0.0288. The van der Waals surface area contributed by atoms with Crippen LogP contribution in [0.15, 0.2) is 0 Å². The molecule has 0 nitrogen and oxygen atoms in total. The Balaban J connectivity index is 1.90. The van der Waals surface area contributed by atoms with Crippen LogP contribution < -0.4 is 0 Å². The highest BCUT2D eigenvalue weighted by molar-refractivity contribution is 6.38. The quantitative estimate of drug-likeness (QED) is 0.544. The molecule has 0 aromatic carbocycles. The van der Waals surface area contributed by atoms with E-state index in [1.807, 2.05) is 0 Å². The van der Waals surface area contributed by atoms with E-state index in [4.69, 9.17) is 0 Å². The van der Waals surface area contributed by atoms with Crippen LogP contribution in [-0.2, 0) is 0 Å². The molecule has 0 spiro atoms. The van der Waals surface area contributed by atoms with Crippen molar-refractivity contribution in [1.29, 1.82) is 0 Å². The first-order chi connectivity index (χ1) is 5.80. The van der Waals surface area contributed by atoms with Crippen molar-refractivity contribution in [3.63, 3.8) is 0 Å². The molecule has 0 saturated heterocycles. The van der Waals surface area contributed by atoms with Gasteiger partial charge in [-0.25, -0.2) is 0 Å². The van der Waals surface area contributed by atoms with E-state index in [-0.39, 0.29) is 9.52 Å². The van der Waals surface area contributed by atoms with Crippen LogP contribution in [-0.4, -0.2) is 9.52 Å². The molecule has 4 rings (SSSR count). The van der Waals surface area contributed by atoms with Gasteiger partial charge in [0.2, 0.25) is 0 Å². The number of hydrogen-bond acceptors (Lipinski definition) is 0. The standard InChI is InChI=1S/C11H20Si/c1-12-11-5-8-2-9(6-11)4-10(3-8)7-11/h8-10H,2-7,12H2,1H3. The van der Waals surface area contributed by atoms with E-state index in [0.717, 1.165) is 5.04 Å². The summed E-state index contributed by atoms with van der Waals surface area (Å²) in [6, 6.07) is 0. The minimum Gasteiger partial charge on any atom is -0.0744 e. The lowest BCUT2D eigenvalue weighted by Crippen LogP contribution is -2.44. The van der Waals surface area contributed by atoms with E-state index in [1.165, 1.54) is 17.8 Å². The van der Waals surface area contributed by atoms with Crippen molar-refractivity contribution in [2.75, 3.05) is 0 Å². The van der Waals surface area contributed by atoms with Crippen LogP contribution in [0.3, 0.4) is 0 Å². The van der Waals surface area contributed by atoms with Gasteiger partial charge in [-0.15, -0.1) is 0 Å². The molecular weight excluding hydrogens is 160 g/mol. The van der Waals surface area contributed by atoms with E-state index >= 15 is 0 Å². The summed E-state index contributed by atoms with van der Waals surface area (Å²) < 4.78 is 0. The molecule has 1 heteroatoms. The average molecular weight is 180 g/mol. The smallest absolute Gasteiger partial charge is 0.0240 e. The highest BCUT2D eigenvalue weighted by Crippen LogP contribution is 2.63. The first-order valence-corrected chi connectivity index (χ1v) is 7.92. The third kappa shape index (κ3) is 0.951. The van der Waals surface area contributed by atoms with Crippen molar-refractivity contribution in [3.8, 4) is 0 Å². The van der Waals surface area contributed by atoms with Gasteiger partial charge in [-0.05, 0) is 61.3 Å². The van der Waals surface area contributed by atoms with Gasteiger partial charge >= 0.3 is 0 Å². The van der Waals surface area contributed by atoms with Crippen molar-refractivity contribution >= 4 is 9.52 Å². The van der Waals surface area contributed by atoms with Crippen molar-refractivity contribution < 1.29 is 0 Å². The maximum Gasteiger partial charge on any atom is 0.0240 e. The molecule has 4 aliphatic rings. The lowest BCUT2D eigenvalue weighted by atomic mass is 9.56. The summed E-state index contributed by atoms with van der Waals surface area (Å²) >= 11 is 0. The van der Waals surface area contributed by atoms with E-state index in [2.05, 4.69) is 6.55 Å². The highest BCUT2D eigenvalue weighted by Gasteiger charge is 2.49. The maximum absolute atomic E-state index is 2.56. The zero-order valence-electron chi connectivity index (χ0n) is 8.18. The zero-order chi connectivity index (χ0) is 8.18. The van der Waals surface area contributed by atoms with E-state index in [1.54, 1.807) is 38.5 Å². The highest BCUT2D eigenvalue weighted by atomic mass is 28.2. The molecule has 0 aromatic rings. The monoisotopic (exact) mass is 180 g/mol. The Kier molecular flexibility index (Phi) is 1.50. The van der Waals surface area contributed by atoms with Crippen molar-refractivity contribution in [3.05, 3.63) is 0 Å². The van der Waals surface area contributed by atoms with Gasteiger partial charge in [-0.3, -0.25) is 0 Å². The number of rotatable bonds is 1. The molecule has 0 aliphatic heterocycles. The molecule has 4 saturated carbocycles. The fourth-order valence-electron chi connectivity index (χ4n) is 4.72. The predicted molar refractivity (Wildman–Crippen MR) is 55.3 cm³/mol. The van der Waals surface area contributed by atoms with Gasteiger partial charge in [0.1, 0.15) is 0 Å². The van der Waals surface area contributed by atoms with Crippen LogP contribution in [0.1, 0.15) is 38.5 Å². The van der Waals surface area contributed by atoms with Crippen LogP contribution in [0.25, 0.3) is 0 Å². The second kappa shape index (κ2) is 2.37. The topological polar surface area (TPSA) is 0 Å². The molecule has 0 unspecified atom stereocenters. The first-order valence-electron chi connectivity index (χ1n) is 5.80. The van der Waals surface area contributed by atoms with Crippen molar-refractivity contribution in [2.45, 2.75) is 50.1 Å². The normalized spacial score (nSPS) is 57.2.